The Morgan fingerprint density at radius 2 is 1.97 bits per heavy atom. The summed E-state index contributed by atoms with van der Waals surface area (Å²) in [6, 6.07) is 14.3. The highest BCUT2D eigenvalue weighted by atomic mass is 32.2. The highest BCUT2D eigenvalue weighted by Crippen LogP contribution is 2.44. The maximum atomic E-state index is 13.4. The first-order valence-electron chi connectivity index (χ1n) is 9.95. The number of morpholine rings is 1. The second-order valence-electron chi connectivity index (χ2n) is 7.39. The second-order valence-corrected chi connectivity index (χ2v) is 8.40. The summed E-state index contributed by atoms with van der Waals surface area (Å²) in [6.45, 7) is 2.34. The summed E-state index contributed by atoms with van der Waals surface area (Å²) in [5.74, 6) is 0.701. The van der Waals surface area contributed by atoms with Crippen LogP contribution in [0.3, 0.4) is 0 Å². The Balaban J connectivity index is 1.59. The van der Waals surface area contributed by atoms with Crippen molar-refractivity contribution in [2.24, 2.45) is 0 Å². The molecule has 6 rings (SSSR count). The van der Waals surface area contributed by atoms with Gasteiger partial charge in [-0.05, 0) is 18.2 Å². The van der Waals surface area contributed by atoms with E-state index >= 15 is 0 Å². The van der Waals surface area contributed by atoms with E-state index in [1.54, 1.807) is 11.8 Å². The average molecular weight is 417 g/mol. The number of ether oxygens (including phenoxy) is 1. The smallest absolute Gasteiger partial charge is 0.274 e. The summed E-state index contributed by atoms with van der Waals surface area (Å²) in [6.07, 6.45) is 1.81. The molecule has 4 heterocycles. The summed E-state index contributed by atoms with van der Waals surface area (Å²) < 4.78 is 7.35. The van der Waals surface area contributed by atoms with Crippen LogP contribution < -0.4 is 0 Å². The predicted molar refractivity (Wildman–Crippen MR) is 115 cm³/mol. The number of nitrogens with zero attached hydrogens (tertiary/aromatic N) is 4. The fourth-order valence-electron chi connectivity index (χ4n) is 4.20. The molecule has 2 aromatic heterocycles. The molecule has 2 aromatic carbocycles. The molecule has 0 spiro atoms. The average Bonchev–Trinajstić information content (AvgIpc) is 3.44. The summed E-state index contributed by atoms with van der Waals surface area (Å²) in [5, 5.41) is 13.1. The molecule has 0 saturated carbocycles. The van der Waals surface area contributed by atoms with Gasteiger partial charge in [-0.1, -0.05) is 24.3 Å². The largest absolute Gasteiger partial charge is 0.378 e. The van der Waals surface area contributed by atoms with E-state index in [1.165, 1.54) is 4.90 Å². The molecule has 1 amide bonds. The zero-order chi connectivity index (χ0) is 20.1. The molecular formula is C22H19N5O2S. The molecule has 7 nitrogen and oxygen atoms in total. The first kappa shape index (κ1) is 17.7. The molecular weight excluding hydrogens is 398 g/mol. The number of amides is 1. The first-order valence-corrected chi connectivity index (χ1v) is 10.9. The summed E-state index contributed by atoms with van der Waals surface area (Å²) >= 11 is 1.76. The lowest BCUT2D eigenvalue weighted by Gasteiger charge is -2.26. The summed E-state index contributed by atoms with van der Waals surface area (Å²) in [5.41, 5.74) is 5.49. The van der Waals surface area contributed by atoms with E-state index in [4.69, 9.17) is 9.84 Å². The highest BCUT2D eigenvalue weighted by Gasteiger charge is 2.32. The molecule has 0 unspecified atom stereocenters. The van der Waals surface area contributed by atoms with Gasteiger partial charge < -0.3 is 9.64 Å². The van der Waals surface area contributed by atoms with E-state index < -0.39 is 0 Å². The molecule has 4 aromatic rings. The number of rotatable bonds is 2. The molecule has 2 aliphatic heterocycles. The zero-order valence-electron chi connectivity index (χ0n) is 16.2. The van der Waals surface area contributed by atoms with Crippen molar-refractivity contribution in [3.63, 3.8) is 0 Å². The molecule has 0 atom stereocenters. The lowest BCUT2D eigenvalue weighted by atomic mass is 10.0. The molecule has 0 bridgehead atoms. The van der Waals surface area contributed by atoms with Crippen LogP contribution in [0.15, 0.2) is 53.6 Å². The van der Waals surface area contributed by atoms with Crippen LogP contribution in [0, 0.1) is 0 Å². The standard InChI is InChI=1S/C22H19N5O2S/c28-22(26-8-10-29-11-9-26)20-16-13-30-19-7-2-1-4-14(19)21(16)27(25-20)18-6-3-5-17-15(18)12-23-24-17/h1-7,12H,8-11,13H2,(H,23,24). The maximum absolute atomic E-state index is 13.4. The number of nitrogens with one attached hydrogen (secondary N) is 1. The minimum absolute atomic E-state index is 0.0207. The molecule has 1 fully saturated rings. The van der Waals surface area contributed by atoms with Gasteiger partial charge in [-0.15, -0.1) is 11.8 Å². The summed E-state index contributed by atoms with van der Waals surface area (Å²) in [4.78, 5) is 16.5. The number of carbonyl (C=O) groups is 1. The lowest BCUT2D eigenvalue weighted by molar-refractivity contribution is 0.0298. The zero-order valence-corrected chi connectivity index (χ0v) is 17.0. The monoisotopic (exact) mass is 417 g/mol. The SMILES string of the molecule is O=C(c1nn(-c2cccc3[nH]ncc23)c2c1CSc1ccccc1-2)N1CCOCC1. The van der Waals surface area contributed by atoms with Crippen LogP contribution in [-0.4, -0.2) is 57.1 Å². The van der Waals surface area contributed by atoms with Crippen molar-refractivity contribution < 1.29 is 9.53 Å². The van der Waals surface area contributed by atoms with Crippen LogP contribution in [0.1, 0.15) is 16.1 Å². The van der Waals surface area contributed by atoms with Gasteiger partial charge in [0.15, 0.2) is 5.69 Å². The van der Waals surface area contributed by atoms with E-state index in [0.717, 1.165) is 39.2 Å². The van der Waals surface area contributed by atoms with Gasteiger partial charge in [-0.2, -0.15) is 10.2 Å². The topological polar surface area (TPSA) is 76.0 Å². The van der Waals surface area contributed by atoms with Crippen LogP contribution >= 0.6 is 11.8 Å². The lowest BCUT2D eigenvalue weighted by Crippen LogP contribution is -2.41. The van der Waals surface area contributed by atoms with Gasteiger partial charge in [0.05, 0.1) is 36.3 Å². The third kappa shape index (κ3) is 2.68. The number of benzene rings is 2. The maximum Gasteiger partial charge on any atom is 0.274 e. The van der Waals surface area contributed by atoms with Crippen molar-refractivity contribution in [3.05, 3.63) is 59.9 Å². The van der Waals surface area contributed by atoms with Crippen molar-refractivity contribution in [3.8, 4) is 16.9 Å². The van der Waals surface area contributed by atoms with E-state index in [9.17, 15) is 4.79 Å². The number of hydrogen-bond acceptors (Lipinski definition) is 5. The van der Waals surface area contributed by atoms with Crippen molar-refractivity contribution in [2.75, 3.05) is 26.3 Å². The van der Waals surface area contributed by atoms with Gasteiger partial charge in [0.1, 0.15) is 0 Å². The molecule has 1 N–H and O–H groups in total. The molecule has 30 heavy (non-hydrogen) atoms. The third-order valence-electron chi connectivity index (χ3n) is 5.69. The fourth-order valence-corrected chi connectivity index (χ4v) is 5.27. The van der Waals surface area contributed by atoms with Crippen LogP contribution in [-0.2, 0) is 10.5 Å². The molecule has 2 aliphatic rings. The Morgan fingerprint density at radius 1 is 1.10 bits per heavy atom. The van der Waals surface area contributed by atoms with Crippen molar-refractivity contribution in [2.45, 2.75) is 10.6 Å². The number of carbonyl (C=O) groups excluding carboxylic acids is 1. The van der Waals surface area contributed by atoms with Gasteiger partial charge in [-0.3, -0.25) is 9.89 Å². The van der Waals surface area contributed by atoms with Gasteiger partial charge in [-0.25, -0.2) is 4.68 Å². The molecule has 1 saturated heterocycles. The third-order valence-corrected chi connectivity index (χ3v) is 6.79. The van der Waals surface area contributed by atoms with Crippen LogP contribution in [0.5, 0.6) is 0 Å². The minimum atomic E-state index is -0.0207. The van der Waals surface area contributed by atoms with Crippen LogP contribution in [0.4, 0.5) is 0 Å². The van der Waals surface area contributed by atoms with E-state index in [1.807, 2.05) is 46.1 Å². The second kappa shape index (κ2) is 7.00. The van der Waals surface area contributed by atoms with Crippen molar-refractivity contribution in [1.29, 1.82) is 0 Å². The fraction of sp³-hybridized carbons (Fsp3) is 0.227. The van der Waals surface area contributed by atoms with Crippen LogP contribution in [0.2, 0.25) is 0 Å². The molecule has 0 aliphatic carbocycles. The quantitative estimate of drug-likeness (QED) is 0.540. The minimum Gasteiger partial charge on any atom is -0.378 e. The number of fused-ring (bicyclic) bond motifs is 4. The number of hydrogen-bond donors (Lipinski definition) is 1. The van der Waals surface area contributed by atoms with E-state index in [2.05, 4.69) is 22.3 Å². The van der Waals surface area contributed by atoms with E-state index in [0.29, 0.717) is 32.0 Å². The Kier molecular flexibility index (Phi) is 4.14. The first-order chi connectivity index (χ1) is 14.8. The number of thioether (sulfide) groups is 1. The molecule has 8 heteroatoms. The Labute approximate surface area is 177 Å². The highest BCUT2D eigenvalue weighted by molar-refractivity contribution is 7.98. The van der Waals surface area contributed by atoms with Gasteiger partial charge >= 0.3 is 0 Å². The molecule has 150 valence electrons. The van der Waals surface area contributed by atoms with Crippen molar-refractivity contribution in [1.82, 2.24) is 24.9 Å². The van der Waals surface area contributed by atoms with Gasteiger partial charge in [0.2, 0.25) is 0 Å². The number of aromatic nitrogens is 4. The molecule has 0 radical (unpaired) electrons. The van der Waals surface area contributed by atoms with Gasteiger partial charge in [0.25, 0.3) is 5.91 Å². The number of aromatic amines is 1. The number of H-pyrrole nitrogens is 1. The Hall–Kier alpha value is -3.10. The van der Waals surface area contributed by atoms with Gasteiger partial charge in [0, 0.05) is 40.3 Å². The summed E-state index contributed by atoms with van der Waals surface area (Å²) in [7, 11) is 0. The normalized spacial score (nSPS) is 15.8. The van der Waals surface area contributed by atoms with Crippen molar-refractivity contribution >= 4 is 28.6 Å². The Morgan fingerprint density at radius 3 is 2.87 bits per heavy atom. The van der Waals surface area contributed by atoms with E-state index in [-0.39, 0.29) is 5.91 Å². The Bertz CT molecular complexity index is 1270. The predicted octanol–water partition coefficient (Wildman–Crippen LogP) is 3.49. The van der Waals surface area contributed by atoms with Crippen LogP contribution in [0.25, 0.3) is 27.8 Å².